The predicted octanol–water partition coefficient (Wildman–Crippen LogP) is 1.87. The number of rotatable bonds is 4. The molecule has 0 N–H and O–H groups in total. The van der Waals surface area contributed by atoms with Crippen LogP contribution in [0.2, 0.25) is 0 Å². The first kappa shape index (κ1) is 73.1. The maximum atomic E-state index is 5.31. The number of hydrogen-bond acceptors (Lipinski definition) is 1. The maximum Gasteiger partial charge on any atom is 2.00 e. The molecule has 0 saturated heterocycles. The smallest absolute Gasteiger partial charge is 0 e. The molecule has 0 fully saturated rings. The largest absolute Gasteiger partial charge is 2.00 e. The zero-order chi connectivity index (χ0) is 9.28. The van der Waals surface area contributed by atoms with Crippen molar-refractivity contribution in [1.29, 1.82) is 0 Å². The third kappa shape index (κ3) is 56.7. The van der Waals surface area contributed by atoms with E-state index in [2.05, 4.69) is 35.6 Å². The van der Waals surface area contributed by atoms with Gasteiger partial charge in [-0.3, -0.25) is 0 Å². The van der Waals surface area contributed by atoms with Gasteiger partial charge in [0.15, 0.2) is 0 Å². The van der Waals surface area contributed by atoms with Crippen molar-refractivity contribution >= 4 is 4.73 Å². The molecule has 9 radical (unpaired) electrons. The van der Waals surface area contributed by atoms with Crippen LogP contribution in [0.15, 0.2) is 6.20 Å². The zero-order valence-electron chi connectivity index (χ0n) is 11.9. The molecule has 11 heteroatoms. The molecule has 0 amide bonds. The monoisotopic (exact) mass is 649 g/mol. The summed E-state index contributed by atoms with van der Waals surface area (Å²) in [6.07, 6.45) is 1.59. The van der Waals surface area contributed by atoms with Crippen molar-refractivity contribution in [1.82, 2.24) is 4.90 Å². The van der Waals surface area contributed by atoms with Crippen LogP contribution in [-0.2, 0) is 184 Å². The van der Waals surface area contributed by atoms with Crippen molar-refractivity contribution in [3.63, 3.8) is 0 Å². The fourth-order valence-corrected chi connectivity index (χ4v) is 0.744. The Morgan fingerprint density at radius 2 is 1.20 bits per heavy atom. The Labute approximate surface area is 242 Å². The van der Waals surface area contributed by atoms with Gasteiger partial charge in [-0.2, -0.15) is 0 Å². The van der Waals surface area contributed by atoms with Crippen LogP contribution in [0.5, 0.6) is 0 Å². The molecule has 0 heterocycles. The van der Waals surface area contributed by atoms with Gasteiger partial charge in [0, 0.05) is 148 Å². The Bertz CT molecular complexity index is 115. The van der Waals surface area contributed by atoms with Gasteiger partial charge in [0.2, 0.25) is 0 Å². The molecule has 0 aliphatic rings. The molecule has 0 saturated carbocycles. The quantitative estimate of drug-likeness (QED) is 0.422. The van der Waals surface area contributed by atoms with Gasteiger partial charge >= 0.3 is 84.4 Å². The molecule has 20 heavy (non-hydrogen) atoms. The molecular formula is C9H17NV10. The van der Waals surface area contributed by atoms with E-state index in [1.807, 2.05) is 18.7 Å². The Morgan fingerprint density at radius 1 is 0.950 bits per heavy atom. The summed E-state index contributed by atoms with van der Waals surface area (Å²) >= 11 is 2.30. The molecule has 0 aromatic carbocycles. The molecule has 0 aliphatic carbocycles. The first-order valence-corrected chi connectivity index (χ1v) is 4.60. The minimum absolute atomic E-state index is 0. The zero-order valence-corrected chi connectivity index (χ0v) is 25.8. The fourth-order valence-electron chi connectivity index (χ4n) is 0.489. The Morgan fingerprint density at radius 3 is 1.25 bits per heavy atom. The van der Waals surface area contributed by atoms with Gasteiger partial charge in [-0.1, -0.05) is 13.8 Å². The van der Waals surface area contributed by atoms with Crippen LogP contribution in [0.4, 0.5) is 0 Å². The second-order valence-corrected chi connectivity index (χ2v) is 2.57. The second kappa shape index (κ2) is 64.6. The maximum absolute atomic E-state index is 5.31. The van der Waals surface area contributed by atoms with Gasteiger partial charge in [0.05, 0.1) is 0 Å². The van der Waals surface area contributed by atoms with Gasteiger partial charge in [-0.05, 0) is 0 Å². The summed E-state index contributed by atoms with van der Waals surface area (Å²) < 4.78 is 2.95. The van der Waals surface area contributed by atoms with Gasteiger partial charge in [-0.15, -0.1) is 0 Å². The van der Waals surface area contributed by atoms with E-state index in [1.165, 1.54) is 0 Å². The van der Waals surface area contributed by atoms with Crippen LogP contribution in [0.25, 0.3) is 0 Å². The SMILES string of the molecule is CC.[CH-]=CN(C[C-]=[V])C(C)C.[V+2].[V].[V].[V].[V].[V].[V].[V].[V]. The van der Waals surface area contributed by atoms with Crippen molar-refractivity contribution in [2.75, 3.05) is 6.54 Å². The molecule has 0 spiro atoms. The van der Waals surface area contributed by atoms with Crippen molar-refractivity contribution in [3.8, 4) is 0 Å². The van der Waals surface area contributed by atoms with E-state index in [4.69, 9.17) is 6.58 Å². The van der Waals surface area contributed by atoms with Crippen LogP contribution in [-0.4, -0.2) is 22.2 Å². The third-order valence-corrected chi connectivity index (χ3v) is 1.33. The van der Waals surface area contributed by atoms with Crippen molar-refractivity contribution < 1.29 is 184 Å². The van der Waals surface area contributed by atoms with Crippen molar-refractivity contribution in [3.05, 3.63) is 12.8 Å². The van der Waals surface area contributed by atoms with Gasteiger partial charge in [0.25, 0.3) is 0 Å². The molecule has 1 nitrogen and oxygen atoms in total. The fraction of sp³-hybridized carbons (Fsp3) is 0.667. The summed E-state index contributed by atoms with van der Waals surface area (Å²) in [5.74, 6) is 0. The van der Waals surface area contributed by atoms with E-state index >= 15 is 0 Å². The van der Waals surface area contributed by atoms with E-state index in [0.29, 0.717) is 6.04 Å². The Balaban J connectivity index is -0.00000000783. The van der Waals surface area contributed by atoms with Gasteiger partial charge in [0.1, 0.15) is 0 Å². The summed E-state index contributed by atoms with van der Waals surface area (Å²) in [6, 6.07) is 0.464. The first-order valence-electron chi connectivity index (χ1n) is 3.90. The van der Waals surface area contributed by atoms with Gasteiger partial charge < -0.3 is 0 Å². The minimum atomic E-state index is 0. The first-order chi connectivity index (χ1) is 5.22. The molecule has 0 unspecified atom stereocenters. The molecule has 0 aromatic heterocycles. The standard InChI is InChI=1S/C7H11N.C2H6.10V/c1-5-8(6-2)7(3)4;1-2;;;;;;;;;;/h1,5,7H,6H2,3-4H3;1-2H3;;;;;;;;;;/q-2;;;;;;;;;;;+2. The second-order valence-electron chi connectivity index (χ2n) is 2.07. The molecule has 108 valence electrons. The Hall–Kier alpha value is 5.25. The summed E-state index contributed by atoms with van der Waals surface area (Å²) in [6.45, 7) is 14.3. The summed E-state index contributed by atoms with van der Waals surface area (Å²) in [5, 5.41) is 0. The molecular weight excluding hydrogens is 632 g/mol. The topological polar surface area (TPSA) is 3.24 Å². The summed E-state index contributed by atoms with van der Waals surface area (Å²) in [4.78, 5) is 2.00. The Kier molecular flexibility index (Phi) is 236. The minimum Gasteiger partial charge on any atom is 0 e. The van der Waals surface area contributed by atoms with Crippen LogP contribution < -0.4 is 0 Å². The normalized spacial score (nSPS) is 4.40. The van der Waals surface area contributed by atoms with Crippen LogP contribution in [0.1, 0.15) is 27.7 Å². The van der Waals surface area contributed by atoms with Crippen LogP contribution >= 0.6 is 0 Å². The molecule has 0 aliphatic heterocycles. The third-order valence-electron chi connectivity index (χ3n) is 1.11. The van der Waals surface area contributed by atoms with E-state index in [0.717, 1.165) is 6.54 Å². The number of nitrogens with zero attached hydrogens (tertiary/aromatic N) is 1. The van der Waals surface area contributed by atoms with Crippen LogP contribution in [0, 0.1) is 6.58 Å². The summed E-state index contributed by atoms with van der Waals surface area (Å²) in [7, 11) is 0. The molecule has 0 atom stereocenters. The molecule has 0 rings (SSSR count). The van der Waals surface area contributed by atoms with E-state index in [9.17, 15) is 0 Å². The van der Waals surface area contributed by atoms with Crippen molar-refractivity contribution in [2.45, 2.75) is 33.7 Å². The van der Waals surface area contributed by atoms with E-state index < -0.39 is 0 Å². The van der Waals surface area contributed by atoms with Crippen molar-refractivity contribution in [2.24, 2.45) is 0 Å². The summed E-state index contributed by atoms with van der Waals surface area (Å²) in [5.41, 5.74) is 0. The predicted molar refractivity (Wildman–Crippen MR) is 47.1 cm³/mol. The number of hydrogen-bond donors (Lipinski definition) is 0. The molecule has 0 aromatic rings. The van der Waals surface area contributed by atoms with Gasteiger partial charge in [-0.25, -0.2) is 0 Å². The van der Waals surface area contributed by atoms with E-state index in [1.54, 1.807) is 6.20 Å². The van der Waals surface area contributed by atoms with Crippen LogP contribution in [0.3, 0.4) is 0 Å². The average molecular weight is 649 g/mol. The van der Waals surface area contributed by atoms with E-state index in [-0.39, 0.29) is 167 Å². The average Bonchev–Trinajstić information content (AvgIpc) is 2.03. The molecule has 0 bridgehead atoms.